The number of nitrogens with one attached hydrogen (secondary N) is 3. The molecule has 3 amide bonds. The van der Waals surface area contributed by atoms with Crippen LogP contribution in [0.4, 0.5) is 0 Å². The first-order valence-corrected chi connectivity index (χ1v) is 14.5. The van der Waals surface area contributed by atoms with Gasteiger partial charge in [-0.3, -0.25) is 14.4 Å². The van der Waals surface area contributed by atoms with E-state index in [-0.39, 0.29) is 29.7 Å². The molecule has 0 saturated heterocycles. The fraction of sp³-hybridized carbons (Fsp3) is 0.382. The summed E-state index contributed by atoms with van der Waals surface area (Å²) >= 11 is 0. The number of carbonyl (C=O) groups excluding carboxylic acids is 3. The lowest BCUT2D eigenvalue weighted by Gasteiger charge is -2.39. The Bertz CT molecular complexity index is 1270. The van der Waals surface area contributed by atoms with Crippen molar-refractivity contribution in [3.8, 4) is 0 Å². The number of carbonyl (C=O) groups is 3. The van der Waals surface area contributed by atoms with Crippen LogP contribution in [0.2, 0.25) is 0 Å². The van der Waals surface area contributed by atoms with E-state index in [9.17, 15) is 14.4 Å². The first kappa shape index (κ1) is 30.0. The van der Waals surface area contributed by atoms with E-state index in [1.54, 1.807) is 18.9 Å². The van der Waals surface area contributed by atoms with Crippen molar-refractivity contribution < 1.29 is 14.4 Å². The average Bonchev–Trinajstić information content (AvgIpc) is 2.99. The summed E-state index contributed by atoms with van der Waals surface area (Å²) in [7, 11) is 1.71. The molecule has 3 unspecified atom stereocenters. The van der Waals surface area contributed by atoms with Crippen LogP contribution < -0.4 is 16.0 Å². The quantitative estimate of drug-likeness (QED) is 0.338. The van der Waals surface area contributed by atoms with Crippen molar-refractivity contribution in [1.82, 2.24) is 20.9 Å². The zero-order valence-corrected chi connectivity index (χ0v) is 24.5. The molecule has 3 atom stereocenters. The normalized spacial score (nSPS) is 16.1. The van der Waals surface area contributed by atoms with E-state index in [2.05, 4.69) is 40.2 Å². The Labute approximate surface area is 243 Å². The molecular weight excluding hydrogens is 512 g/mol. The lowest BCUT2D eigenvalue weighted by molar-refractivity contribution is -0.146. The maximum atomic E-state index is 14.1. The number of fused-ring (bicyclic) bond motifs is 1. The van der Waals surface area contributed by atoms with Gasteiger partial charge < -0.3 is 20.9 Å². The van der Waals surface area contributed by atoms with Crippen molar-refractivity contribution >= 4 is 17.7 Å². The summed E-state index contributed by atoms with van der Waals surface area (Å²) in [4.78, 5) is 42.6. The Hall–Kier alpha value is -3.97. The number of benzene rings is 3. The first-order chi connectivity index (χ1) is 19.8. The largest absolute Gasteiger partial charge is 0.351 e. The summed E-state index contributed by atoms with van der Waals surface area (Å²) in [5, 5.41) is 9.16. The molecule has 0 spiro atoms. The zero-order chi connectivity index (χ0) is 29.4. The number of nitrogens with zero attached hydrogens (tertiary/aromatic N) is 1. The second-order valence-corrected chi connectivity index (χ2v) is 11.3. The molecule has 3 aromatic rings. The predicted molar refractivity (Wildman–Crippen MR) is 162 cm³/mol. The predicted octanol–water partition coefficient (Wildman–Crippen LogP) is 3.66. The van der Waals surface area contributed by atoms with E-state index in [1.807, 2.05) is 74.5 Å². The van der Waals surface area contributed by atoms with Crippen LogP contribution in [0.3, 0.4) is 0 Å². The van der Waals surface area contributed by atoms with Crippen molar-refractivity contribution in [2.75, 3.05) is 7.05 Å². The minimum absolute atomic E-state index is 0.153. The average molecular weight is 555 g/mol. The third-order valence-corrected chi connectivity index (χ3v) is 7.89. The van der Waals surface area contributed by atoms with Gasteiger partial charge in [0.15, 0.2) is 0 Å². The Morgan fingerprint density at radius 1 is 0.780 bits per heavy atom. The Balaban J connectivity index is 1.61. The van der Waals surface area contributed by atoms with Gasteiger partial charge in [-0.1, -0.05) is 98.8 Å². The smallest absolute Gasteiger partial charge is 0.246 e. The van der Waals surface area contributed by atoms with Gasteiger partial charge in [-0.05, 0) is 55.0 Å². The van der Waals surface area contributed by atoms with E-state index >= 15 is 0 Å². The second-order valence-electron chi connectivity index (χ2n) is 11.3. The Morgan fingerprint density at radius 3 is 1.85 bits per heavy atom. The van der Waals surface area contributed by atoms with Crippen molar-refractivity contribution in [3.63, 3.8) is 0 Å². The molecule has 216 valence electrons. The molecule has 0 bridgehead atoms. The topological polar surface area (TPSA) is 90.5 Å². The third kappa shape index (κ3) is 7.82. The summed E-state index contributed by atoms with van der Waals surface area (Å²) < 4.78 is 0. The van der Waals surface area contributed by atoms with Gasteiger partial charge in [0.2, 0.25) is 17.7 Å². The van der Waals surface area contributed by atoms with E-state index in [1.165, 1.54) is 0 Å². The molecule has 1 heterocycles. The van der Waals surface area contributed by atoms with Crippen molar-refractivity contribution in [2.24, 2.45) is 5.92 Å². The Kier molecular flexibility index (Phi) is 10.3. The van der Waals surface area contributed by atoms with Gasteiger partial charge >= 0.3 is 0 Å². The van der Waals surface area contributed by atoms with Crippen LogP contribution in [0.1, 0.15) is 43.0 Å². The molecule has 1 aliphatic heterocycles. The number of likely N-dealkylation sites (N-methyl/N-ethyl adjacent to an activating group) is 1. The highest BCUT2D eigenvalue weighted by Crippen LogP contribution is 2.26. The minimum atomic E-state index is -0.747. The number of amides is 3. The van der Waals surface area contributed by atoms with Gasteiger partial charge in [0, 0.05) is 19.0 Å². The Morgan fingerprint density at radius 2 is 1.32 bits per heavy atom. The summed E-state index contributed by atoms with van der Waals surface area (Å²) in [5.74, 6) is -0.819. The standard InChI is InChI=1S/C34H42N4O3/c1-23(2)31(37-32(39)24(3)35-4)34(41)38-22-28-18-12-11-17-27(28)21-30(38)33(40)36-29(19-25-13-7-5-8-14-25)20-26-15-9-6-10-16-26/h5-18,23-24,29-31,35H,19-22H2,1-4H3,(H,36,40)(H,37,39). The molecular formula is C34H42N4O3. The zero-order valence-electron chi connectivity index (χ0n) is 24.5. The molecule has 41 heavy (non-hydrogen) atoms. The van der Waals surface area contributed by atoms with Gasteiger partial charge in [0.25, 0.3) is 0 Å². The molecule has 0 fully saturated rings. The summed E-state index contributed by atoms with van der Waals surface area (Å²) in [6.07, 6.45) is 1.76. The number of rotatable bonds is 11. The molecule has 3 N–H and O–H groups in total. The van der Waals surface area contributed by atoms with E-state index in [0.717, 1.165) is 22.3 Å². The highest BCUT2D eigenvalue weighted by molar-refractivity contribution is 5.93. The van der Waals surface area contributed by atoms with Crippen molar-refractivity contribution in [2.45, 2.75) is 70.7 Å². The van der Waals surface area contributed by atoms with Crippen LogP contribution in [0, 0.1) is 5.92 Å². The molecule has 0 saturated carbocycles. The fourth-order valence-electron chi connectivity index (χ4n) is 5.36. The van der Waals surface area contributed by atoms with Gasteiger partial charge in [-0.15, -0.1) is 0 Å². The van der Waals surface area contributed by atoms with Crippen LogP contribution in [0.25, 0.3) is 0 Å². The van der Waals surface area contributed by atoms with Gasteiger partial charge in [0.05, 0.1) is 6.04 Å². The van der Waals surface area contributed by atoms with Gasteiger partial charge in [0.1, 0.15) is 12.1 Å². The maximum Gasteiger partial charge on any atom is 0.246 e. The molecule has 1 aliphatic rings. The van der Waals surface area contributed by atoms with Crippen LogP contribution >= 0.6 is 0 Å². The third-order valence-electron chi connectivity index (χ3n) is 7.89. The fourth-order valence-corrected chi connectivity index (χ4v) is 5.36. The molecule has 7 nitrogen and oxygen atoms in total. The highest BCUT2D eigenvalue weighted by Gasteiger charge is 2.39. The second kappa shape index (κ2) is 14.1. The molecule has 4 rings (SSSR count). The molecule has 3 aromatic carbocycles. The van der Waals surface area contributed by atoms with E-state index in [4.69, 9.17) is 0 Å². The summed E-state index contributed by atoms with van der Waals surface area (Å²) in [6.45, 7) is 5.89. The first-order valence-electron chi connectivity index (χ1n) is 14.5. The molecule has 0 aliphatic carbocycles. The molecule has 0 aromatic heterocycles. The summed E-state index contributed by atoms with van der Waals surface area (Å²) in [5.41, 5.74) is 4.36. The highest BCUT2D eigenvalue weighted by atomic mass is 16.2. The SMILES string of the molecule is CNC(C)C(=O)NC(C(=O)N1Cc2ccccc2CC1C(=O)NC(Cc1ccccc1)Cc1ccccc1)C(C)C. The van der Waals surface area contributed by atoms with Crippen LogP contribution in [0.5, 0.6) is 0 Å². The van der Waals surface area contributed by atoms with Crippen molar-refractivity contribution in [1.29, 1.82) is 0 Å². The van der Waals surface area contributed by atoms with E-state index in [0.29, 0.717) is 25.8 Å². The van der Waals surface area contributed by atoms with Gasteiger partial charge in [-0.2, -0.15) is 0 Å². The minimum Gasteiger partial charge on any atom is -0.351 e. The number of hydrogen-bond acceptors (Lipinski definition) is 4. The lowest BCUT2D eigenvalue weighted by atomic mass is 9.91. The monoisotopic (exact) mass is 554 g/mol. The lowest BCUT2D eigenvalue weighted by Crippen LogP contribution is -2.60. The van der Waals surface area contributed by atoms with Crippen molar-refractivity contribution in [3.05, 3.63) is 107 Å². The molecule has 0 radical (unpaired) electrons. The van der Waals surface area contributed by atoms with E-state index < -0.39 is 18.1 Å². The maximum absolute atomic E-state index is 14.1. The van der Waals surface area contributed by atoms with Gasteiger partial charge in [-0.25, -0.2) is 0 Å². The number of hydrogen-bond donors (Lipinski definition) is 3. The van der Waals surface area contributed by atoms with Crippen LogP contribution in [0.15, 0.2) is 84.9 Å². The summed E-state index contributed by atoms with van der Waals surface area (Å²) in [6, 6.07) is 26.2. The molecule has 7 heteroatoms. The van der Waals surface area contributed by atoms with Crippen LogP contribution in [-0.2, 0) is 40.2 Å². The van der Waals surface area contributed by atoms with Crippen LogP contribution in [-0.4, -0.2) is 53.8 Å².